The Balaban J connectivity index is 1.53. The van der Waals surface area contributed by atoms with E-state index in [2.05, 4.69) is 40.7 Å². The summed E-state index contributed by atoms with van der Waals surface area (Å²) < 4.78 is 6.05. The van der Waals surface area contributed by atoms with Gasteiger partial charge in [-0.1, -0.05) is 54.0 Å². The number of rotatable bonds is 1. The second-order valence-electron chi connectivity index (χ2n) is 15.4. The van der Waals surface area contributed by atoms with Crippen molar-refractivity contribution in [2.45, 2.75) is 105 Å². The fourth-order valence-corrected chi connectivity index (χ4v) is 10.8. The highest BCUT2D eigenvalue weighted by atomic mass is 16.6. The zero-order valence-electron chi connectivity index (χ0n) is 23.4. The Hall–Kier alpha value is -2.00. The van der Waals surface area contributed by atoms with Gasteiger partial charge in [-0.3, -0.25) is 14.4 Å². The molecule has 6 heteroatoms. The molecule has 1 N–H and O–H groups in total. The molecule has 9 atom stereocenters. The summed E-state index contributed by atoms with van der Waals surface area (Å²) in [6.45, 7) is 15.0. The number of hydrogen-bond acceptors (Lipinski definition) is 5. The second kappa shape index (κ2) is 6.76. The summed E-state index contributed by atoms with van der Waals surface area (Å²) in [7, 11) is 0. The molecule has 6 nitrogen and oxygen atoms in total. The van der Waals surface area contributed by atoms with Gasteiger partial charge in [0.05, 0.1) is 5.41 Å². The molecule has 0 aromatic rings. The lowest BCUT2D eigenvalue weighted by atomic mass is 9.33. The van der Waals surface area contributed by atoms with Gasteiger partial charge in [0.15, 0.2) is 11.6 Å². The van der Waals surface area contributed by atoms with Crippen molar-refractivity contribution in [3.8, 4) is 6.07 Å². The number of carboxylic acids is 1. The van der Waals surface area contributed by atoms with Gasteiger partial charge in [-0.15, -0.1) is 0 Å². The van der Waals surface area contributed by atoms with E-state index in [0.29, 0.717) is 19.3 Å². The Morgan fingerprint density at radius 1 is 1.03 bits per heavy atom. The fourth-order valence-electron chi connectivity index (χ4n) is 10.8. The quantitative estimate of drug-likeness (QED) is 0.470. The highest BCUT2D eigenvalue weighted by molar-refractivity contribution is 6.01. The van der Waals surface area contributed by atoms with E-state index in [0.717, 1.165) is 31.3 Å². The lowest BCUT2D eigenvalue weighted by molar-refractivity contribution is -0.190. The predicted molar refractivity (Wildman–Crippen MR) is 136 cm³/mol. The standard InChI is InChI=1S/C31H41NO5/c1-25(2)10-12-30(24(35)36)13-11-28(6)21(17(30)15-25)18(33)14-20-27(28,5)9-8-19-26(3,4)22(34)31(16-32)23(37-31)29(19,20)7/h14,17,19,21,23H,8-13,15H2,1-7H3,(H,35,36). The highest BCUT2D eigenvalue weighted by Gasteiger charge is 2.82. The summed E-state index contributed by atoms with van der Waals surface area (Å²) in [5, 5.41) is 20.6. The zero-order chi connectivity index (χ0) is 27.2. The lowest BCUT2D eigenvalue weighted by Gasteiger charge is -2.69. The SMILES string of the molecule is CC1(C)CCC2(C(=O)O)CCC3(C)C(C(=O)C=C4C5(C)C(CCC43C)C(C)(C)C(=O)C3(C#N)OC35)C2C1. The number of ether oxygens (including phenoxy) is 1. The number of epoxide rings is 1. The lowest BCUT2D eigenvalue weighted by Crippen LogP contribution is -2.67. The van der Waals surface area contributed by atoms with Gasteiger partial charge in [-0.25, -0.2) is 0 Å². The van der Waals surface area contributed by atoms with E-state index in [4.69, 9.17) is 4.74 Å². The Kier molecular flexibility index (Phi) is 4.62. The number of nitrogens with zero attached hydrogens (tertiary/aromatic N) is 1. The number of aliphatic carboxylic acids is 1. The van der Waals surface area contributed by atoms with Crippen LogP contribution in [-0.4, -0.2) is 34.3 Å². The predicted octanol–water partition coefficient (Wildman–Crippen LogP) is 5.50. The van der Waals surface area contributed by atoms with Crippen LogP contribution in [0.15, 0.2) is 11.6 Å². The van der Waals surface area contributed by atoms with Crippen LogP contribution in [-0.2, 0) is 19.1 Å². The third-order valence-corrected chi connectivity index (χ3v) is 13.1. The number of ketones is 2. The minimum Gasteiger partial charge on any atom is -0.481 e. The third kappa shape index (κ3) is 2.59. The first-order valence-corrected chi connectivity index (χ1v) is 14.1. The minimum absolute atomic E-state index is 0.00130. The van der Waals surface area contributed by atoms with E-state index in [1.165, 1.54) is 0 Å². The van der Waals surface area contributed by atoms with Gasteiger partial charge in [0.1, 0.15) is 12.2 Å². The maximum absolute atomic E-state index is 14.3. The number of fused-ring (bicyclic) bond motifs is 9. The number of hydrogen-bond donors (Lipinski definition) is 1. The van der Waals surface area contributed by atoms with Gasteiger partial charge in [0, 0.05) is 16.7 Å². The number of allylic oxidation sites excluding steroid dienone is 1. The topological polar surface area (TPSA) is 108 Å². The molecule has 6 aliphatic rings. The van der Waals surface area contributed by atoms with Crippen LogP contribution in [0.3, 0.4) is 0 Å². The van der Waals surface area contributed by atoms with Crippen LogP contribution in [0, 0.1) is 61.6 Å². The Morgan fingerprint density at radius 2 is 1.68 bits per heavy atom. The molecular weight excluding hydrogens is 466 g/mol. The van der Waals surface area contributed by atoms with Gasteiger partial charge in [-0.2, -0.15) is 5.26 Å². The third-order valence-electron chi connectivity index (χ3n) is 13.1. The van der Waals surface area contributed by atoms with Crippen molar-refractivity contribution in [1.82, 2.24) is 0 Å². The maximum atomic E-state index is 14.3. The normalized spacial score (nSPS) is 52.8. The summed E-state index contributed by atoms with van der Waals surface area (Å²) in [5.74, 6) is -1.38. The van der Waals surface area contributed by atoms with Crippen molar-refractivity contribution >= 4 is 17.5 Å². The van der Waals surface area contributed by atoms with Crippen molar-refractivity contribution in [3.05, 3.63) is 11.6 Å². The van der Waals surface area contributed by atoms with Crippen molar-refractivity contribution in [2.75, 3.05) is 0 Å². The summed E-state index contributed by atoms with van der Waals surface area (Å²) in [6, 6.07) is 2.22. The van der Waals surface area contributed by atoms with Crippen LogP contribution >= 0.6 is 0 Å². The molecular formula is C31H41NO5. The second-order valence-corrected chi connectivity index (χ2v) is 15.4. The number of nitriles is 1. The molecule has 0 aromatic carbocycles. The smallest absolute Gasteiger partial charge is 0.309 e. The van der Waals surface area contributed by atoms with Crippen LogP contribution in [0.2, 0.25) is 0 Å². The van der Waals surface area contributed by atoms with Gasteiger partial charge in [0.2, 0.25) is 5.60 Å². The van der Waals surface area contributed by atoms with Crippen LogP contribution < -0.4 is 0 Å². The van der Waals surface area contributed by atoms with Crippen LogP contribution in [0.5, 0.6) is 0 Å². The molecule has 1 aliphatic heterocycles. The largest absolute Gasteiger partial charge is 0.481 e. The Labute approximate surface area is 220 Å². The molecule has 0 bridgehead atoms. The van der Waals surface area contributed by atoms with Crippen molar-refractivity contribution in [3.63, 3.8) is 0 Å². The van der Waals surface area contributed by atoms with Crippen LogP contribution in [0.25, 0.3) is 0 Å². The average Bonchev–Trinajstić information content (AvgIpc) is 3.56. The highest BCUT2D eigenvalue weighted by Crippen LogP contribution is 2.77. The monoisotopic (exact) mass is 507 g/mol. The maximum Gasteiger partial charge on any atom is 0.309 e. The molecule has 1 heterocycles. The van der Waals surface area contributed by atoms with Gasteiger partial charge in [-0.05, 0) is 79.1 Å². The molecule has 5 aliphatic carbocycles. The molecule has 200 valence electrons. The molecule has 37 heavy (non-hydrogen) atoms. The first kappa shape index (κ1) is 25.3. The summed E-state index contributed by atoms with van der Waals surface area (Å²) in [6.07, 6.45) is 6.50. The zero-order valence-corrected chi connectivity index (χ0v) is 23.4. The van der Waals surface area contributed by atoms with Crippen molar-refractivity contribution < 1.29 is 24.2 Å². The number of carboxylic acid groups (broad SMARTS) is 1. The minimum atomic E-state index is -1.42. The van der Waals surface area contributed by atoms with Gasteiger partial charge >= 0.3 is 5.97 Å². The molecule has 4 saturated carbocycles. The average molecular weight is 508 g/mol. The van der Waals surface area contributed by atoms with E-state index in [9.17, 15) is 24.8 Å². The van der Waals surface area contributed by atoms with E-state index in [1.54, 1.807) is 0 Å². The fraction of sp³-hybridized carbons (Fsp3) is 0.806. The Bertz CT molecular complexity index is 1220. The van der Waals surface area contributed by atoms with Crippen LogP contribution in [0.4, 0.5) is 0 Å². The van der Waals surface area contributed by atoms with Crippen molar-refractivity contribution in [2.24, 2.45) is 50.2 Å². The van der Waals surface area contributed by atoms with Crippen LogP contribution in [0.1, 0.15) is 93.4 Å². The van der Waals surface area contributed by atoms with Crippen molar-refractivity contribution in [1.29, 1.82) is 5.26 Å². The number of carbonyl (C=O) groups is 3. The van der Waals surface area contributed by atoms with E-state index < -0.39 is 39.3 Å². The number of carbonyl (C=O) groups excluding carboxylic acids is 2. The molecule has 0 spiro atoms. The molecule has 1 saturated heterocycles. The summed E-state index contributed by atoms with van der Waals surface area (Å²) in [4.78, 5) is 40.6. The van der Waals surface area contributed by atoms with Gasteiger partial charge in [0.25, 0.3) is 0 Å². The van der Waals surface area contributed by atoms with E-state index in [1.807, 2.05) is 19.9 Å². The number of Topliss-reactive ketones (excluding diaryl/α,β-unsaturated/α-hetero) is 1. The molecule has 0 radical (unpaired) electrons. The molecule has 0 aromatic heterocycles. The first-order valence-electron chi connectivity index (χ1n) is 14.1. The molecule has 5 fully saturated rings. The van der Waals surface area contributed by atoms with E-state index >= 15 is 0 Å². The van der Waals surface area contributed by atoms with Gasteiger partial charge < -0.3 is 9.84 Å². The molecule has 9 unspecified atom stereocenters. The summed E-state index contributed by atoms with van der Waals surface area (Å²) in [5.41, 5.74) is -3.29. The molecule has 6 rings (SSSR count). The molecule has 0 amide bonds. The first-order chi connectivity index (χ1) is 17.0. The summed E-state index contributed by atoms with van der Waals surface area (Å²) >= 11 is 0. The van der Waals surface area contributed by atoms with E-state index in [-0.39, 0.29) is 40.2 Å². The Morgan fingerprint density at radius 3 is 2.30 bits per heavy atom.